The van der Waals surface area contributed by atoms with Crippen molar-refractivity contribution >= 4 is 17.5 Å². The van der Waals surface area contributed by atoms with Crippen molar-refractivity contribution in [1.29, 1.82) is 0 Å². The fourth-order valence-corrected chi connectivity index (χ4v) is 3.03. The number of nitrogens with zero attached hydrogens (tertiary/aromatic N) is 1. The molecule has 25 heavy (non-hydrogen) atoms. The molecule has 1 fully saturated rings. The predicted molar refractivity (Wildman–Crippen MR) is 99.6 cm³/mol. The van der Waals surface area contributed by atoms with Crippen molar-refractivity contribution in [2.75, 3.05) is 18.4 Å². The summed E-state index contributed by atoms with van der Waals surface area (Å²) in [6, 6.07) is 7.50. The van der Waals surface area contributed by atoms with Crippen LogP contribution < -0.4 is 10.1 Å². The second-order valence-electron chi connectivity index (χ2n) is 7.41. The Bertz CT molecular complexity index is 590. The minimum absolute atomic E-state index is 0.00997. The van der Waals surface area contributed by atoms with Gasteiger partial charge in [-0.1, -0.05) is 26.0 Å². The fraction of sp³-hybridized carbons (Fsp3) is 0.600. The Labute approximate surface area is 150 Å². The summed E-state index contributed by atoms with van der Waals surface area (Å²) in [7, 11) is 0. The van der Waals surface area contributed by atoms with Gasteiger partial charge < -0.3 is 15.0 Å². The van der Waals surface area contributed by atoms with E-state index in [1.165, 1.54) is 0 Å². The van der Waals surface area contributed by atoms with Crippen LogP contribution in [0.15, 0.2) is 24.3 Å². The van der Waals surface area contributed by atoms with E-state index in [1.807, 2.05) is 43.0 Å². The number of benzene rings is 1. The topological polar surface area (TPSA) is 58.6 Å². The van der Waals surface area contributed by atoms with E-state index >= 15 is 0 Å². The lowest BCUT2D eigenvalue weighted by Crippen LogP contribution is -2.41. The lowest BCUT2D eigenvalue weighted by atomic mass is 9.95. The molecule has 1 aromatic carbocycles. The Balaban J connectivity index is 1.90. The molecule has 5 nitrogen and oxygen atoms in total. The highest BCUT2D eigenvalue weighted by Gasteiger charge is 2.27. The molecule has 1 N–H and O–H groups in total. The van der Waals surface area contributed by atoms with E-state index in [-0.39, 0.29) is 23.8 Å². The van der Waals surface area contributed by atoms with Crippen LogP contribution in [-0.4, -0.2) is 35.9 Å². The van der Waals surface area contributed by atoms with Gasteiger partial charge in [0.1, 0.15) is 5.75 Å². The van der Waals surface area contributed by atoms with E-state index < -0.39 is 0 Å². The molecule has 138 valence electrons. The van der Waals surface area contributed by atoms with E-state index in [0.717, 1.165) is 0 Å². The third kappa shape index (κ3) is 5.76. The quantitative estimate of drug-likeness (QED) is 0.854. The number of amides is 2. The van der Waals surface area contributed by atoms with Crippen molar-refractivity contribution < 1.29 is 14.3 Å². The second kappa shape index (κ2) is 8.88. The minimum atomic E-state index is -0.0600. The van der Waals surface area contributed by atoms with Crippen LogP contribution in [0.1, 0.15) is 47.0 Å². The Morgan fingerprint density at radius 3 is 2.40 bits per heavy atom. The summed E-state index contributed by atoms with van der Waals surface area (Å²) in [6.45, 7) is 9.34. The summed E-state index contributed by atoms with van der Waals surface area (Å²) in [6.07, 6.45) is 2.05. The first-order valence-electron chi connectivity index (χ1n) is 9.21. The van der Waals surface area contributed by atoms with E-state index in [0.29, 0.717) is 49.7 Å². The molecule has 2 amide bonds. The largest absolute Gasteiger partial charge is 0.489 e. The zero-order valence-corrected chi connectivity index (χ0v) is 15.7. The summed E-state index contributed by atoms with van der Waals surface area (Å²) in [5.74, 6) is 1.21. The van der Waals surface area contributed by atoms with Gasteiger partial charge in [-0.05, 0) is 44.7 Å². The van der Waals surface area contributed by atoms with Crippen LogP contribution in [0.3, 0.4) is 0 Å². The molecule has 0 spiro atoms. The highest BCUT2D eigenvalue weighted by Crippen LogP contribution is 2.27. The highest BCUT2D eigenvalue weighted by atomic mass is 16.5. The maximum atomic E-state index is 12.6. The molecular weight excluding hydrogens is 316 g/mol. The Hall–Kier alpha value is -2.04. The Kier molecular flexibility index (Phi) is 6.85. The molecule has 5 heteroatoms. The van der Waals surface area contributed by atoms with Crippen LogP contribution in [0.5, 0.6) is 5.75 Å². The van der Waals surface area contributed by atoms with Crippen molar-refractivity contribution in [2.45, 2.75) is 53.1 Å². The first-order chi connectivity index (χ1) is 11.9. The van der Waals surface area contributed by atoms with E-state index in [9.17, 15) is 9.59 Å². The van der Waals surface area contributed by atoms with Gasteiger partial charge in [-0.25, -0.2) is 0 Å². The lowest BCUT2D eigenvalue weighted by molar-refractivity contribution is -0.135. The van der Waals surface area contributed by atoms with Gasteiger partial charge in [-0.3, -0.25) is 9.59 Å². The minimum Gasteiger partial charge on any atom is -0.489 e. The number of rotatable bonds is 6. The molecule has 0 bridgehead atoms. The first kappa shape index (κ1) is 19.3. The molecule has 1 aliphatic heterocycles. The highest BCUT2D eigenvalue weighted by molar-refractivity contribution is 5.94. The van der Waals surface area contributed by atoms with Gasteiger partial charge >= 0.3 is 0 Å². The average Bonchev–Trinajstić information content (AvgIpc) is 2.55. The number of carbonyl (C=O) groups is 2. The molecule has 1 heterocycles. The van der Waals surface area contributed by atoms with Gasteiger partial charge in [0, 0.05) is 25.4 Å². The number of hydrogen-bond acceptors (Lipinski definition) is 3. The number of nitrogens with one attached hydrogen (secondary N) is 1. The SMILES string of the molecule is CC(C)CC(=O)N1CCC(C(=O)Nc2ccccc2OC(C)C)CC1. The van der Waals surface area contributed by atoms with Crippen LogP contribution >= 0.6 is 0 Å². The summed E-state index contributed by atoms with van der Waals surface area (Å²) < 4.78 is 5.75. The van der Waals surface area contributed by atoms with Crippen molar-refractivity contribution in [2.24, 2.45) is 11.8 Å². The maximum Gasteiger partial charge on any atom is 0.227 e. The average molecular weight is 346 g/mol. The second-order valence-corrected chi connectivity index (χ2v) is 7.41. The monoisotopic (exact) mass is 346 g/mol. The summed E-state index contributed by atoms with van der Waals surface area (Å²) in [4.78, 5) is 26.6. The van der Waals surface area contributed by atoms with Crippen molar-refractivity contribution in [1.82, 2.24) is 4.90 Å². The molecule has 0 aliphatic carbocycles. The van der Waals surface area contributed by atoms with E-state index in [1.54, 1.807) is 0 Å². The number of anilines is 1. The van der Waals surface area contributed by atoms with Crippen LogP contribution in [-0.2, 0) is 9.59 Å². The van der Waals surface area contributed by atoms with Crippen LogP contribution in [0.4, 0.5) is 5.69 Å². The molecule has 0 radical (unpaired) electrons. The van der Waals surface area contributed by atoms with E-state index in [4.69, 9.17) is 4.74 Å². The van der Waals surface area contributed by atoms with Crippen LogP contribution in [0.25, 0.3) is 0 Å². The number of piperidine rings is 1. The van der Waals surface area contributed by atoms with Gasteiger partial charge in [0.25, 0.3) is 0 Å². The number of carbonyl (C=O) groups excluding carboxylic acids is 2. The number of para-hydroxylation sites is 2. The first-order valence-corrected chi connectivity index (χ1v) is 9.21. The number of likely N-dealkylation sites (tertiary alicyclic amines) is 1. The Morgan fingerprint density at radius 2 is 1.80 bits per heavy atom. The van der Waals surface area contributed by atoms with Crippen molar-refractivity contribution in [3.05, 3.63) is 24.3 Å². The molecule has 0 aromatic heterocycles. The lowest BCUT2D eigenvalue weighted by Gasteiger charge is -2.32. The normalized spacial score (nSPS) is 15.5. The molecule has 1 aromatic rings. The van der Waals surface area contributed by atoms with E-state index in [2.05, 4.69) is 19.2 Å². The standard InChI is InChI=1S/C20H30N2O3/c1-14(2)13-19(23)22-11-9-16(10-12-22)20(24)21-17-7-5-6-8-18(17)25-15(3)4/h5-8,14-16H,9-13H2,1-4H3,(H,21,24). The van der Waals surface area contributed by atoms with Gasteiger partial charge in [-0.15, -0.1) is 0 Å². The predicted octanol–water partition coefficient (Wildman–Crippen LogP) is 3.70. The maximum absolute atomic E-state index is 12.6. The van der Waals surface area contributed by atoms with Gasteiger partial charge in [0.05, 0.1) is 11.8 Å². The molecule has 2 rings (SSSR count). The van der Waals surface area contributed by atoms with Crippen molar-refractivity contribution in [3.8, 4) is 5.75 Å². The summed E-state index contributed by atoms with van der Waals surface area (Å²) in [5, 5.41) is 2.99. The molecule has 1 saturated heterocycles. The number of ether oxygens (including phenoxy) is 1. The zero-order valence-electron chi connectivity index (χ0n) is 15.7. The molecule has 0 atom stereocenters. The summed E-state index contributed by atoms with van der Waals surface area (Å²) >= 11 is 0. The third-order valence-electron chi connectivity index (χ3n) is 4.31. The number of hydrogen-bond donors (Lipinski definition) is 1. The molecule has 1 aliphatic rings. The van der Waals surface area contributed by atoms with Gasteiger partial charge in [-0.2, -0.15) is 0 Å². The Morgan fingerprint density at radius 1 is 1.16 bits per heavy atom. The zero-order chi connectivity index (χ0) is 18.4. The summed E-state index contributed by atoms with van der Waals surface area (Å²) in [5.41, 5.74) is 0.708. The third-order valence-corrected chi connectivity index (χ3v) is 4.31. The molecule has 0 unspecified atom stereocenters. The van der Waals surface area contributed by atoms with Crippen LogP contribution in [0, 0.1) is 11.8 Å². The van der Waals surface area contributed by atoms with Crippen LogP contribution in [0.2, 0.25) is 0 Å². The molecule has 0 saturated carbocycles. The van der Waals surface area contributed by atoms with Gasteiger partial charge in [0.15, 0.2) is 0 Å². The van der Waals surface area contributed by atoms with Gasteiger partial charge in [0.2, 0.25) is 11.8 Å². The fourth-order valence-electron chi connectivity index (χ4n) is 3.03. The smallest absolute Gasteiger partial charge is 0.227 e. The van der Waals surface area contributed by atoms with Crippen molar-refractivity contribution in [3.63, 3.8) is 0 Å². The molecular formula is C20H30N2O3.